The van der Waals surface area contributed by atoms with Crippen molar-refractivity contribution in [3.8, 4) is 5.75 Å². The summed E-state index contributed by atoms with van der Waals surface area (Å²) >= 11 is 0. The Hall–Kier alpha value is -2.63. The summed E-state index contributed by atoms with van der Waals surface area (Å²) in [6.07, 6.45) is 2.73. The number of halogens is 1. The van der Waals surface area contributed by atoms with Gasteiger partial charge in [-0.2, -0.15) is 0 Å². The van der Waals surface area contributed by atoms with Gasteiger partial charge in [-0.25, -0.2) is 4.39 Å². The molecule has 0 radical (unpaired) electrons. The summed E-state index contributed by atoms with van der Waals surface area (Å²) in [4.78, 5) is 19.7. The first-order valence-corrected chi connectivity index (χ1v) is 7.08. The first-order valence-electron chi connectivity index (χ1n) is 7.08. The summed E-state index contributed by atoms with van der Waals surface area (Å²) in [6.45, 7) is 2.07. The lowest BCUT2D eigenvalue weighted by Gasteiger charge is -2.36. The van der Waals surface area contributed by atoms with Crippen LogP contribution >= 0.6 is 0 Å². The van der Waals surface area contributed by atoms with Gasteiger partial charge in [0.05, 0.1) is 17.4 Å². The van der Waals surface area contributed by atoms with E-state index in [4.69, 9.17) is 0 Å². The van der Waals surface area contributed by atoms with Crippen molar-refractivity contribution >= 4 is 11.6 Å². The van der Waals surface area contributed by atoms with Crippen molar-refractivity contribution in [2.75, 3.05) is 31.1 Å². The highest BCUT2D eigenvalue weighted by molar-refractivity contribution is 5.96. The Kier molecular flexibility index (Phi) is 3.91. The molecule has 1 aliphatic rings. The number of anilines is 1. The fraction of sp³-hybridized carbons (Fsp3) is 0.250. The number of carbonyl (C=O) groups is 1. The molecule has 1 aromatic heterocycles. The third-order valence-corrected chi connectivity index (χ3v) is 3.79. The number of benzene rings is 1. The summed E-state index contributed by atoms with van der Waals surface area (Å²) in [5.41, 5.74) is 0.802. The molecule has 1 aromatic carbocycles. The molecule has 114 valence electrons. The summed E-state index contributed by atoms with van der Waals surface area (Å²) < 4.78 is 13.8. The topological polar surface area (TPSA) is 56.7 Å². The molecular weight excluding hydrogens is 285 g/mol. The van der Waals surface area contributed by atoms with E-state index >= 15 is 0 Å². The molecule has 1 N–H and O–H groups in total. The fourth-order valence-corrected chi connectivity index (χ4v) is 2.60. The van der Waals surface area contributed by atoms with Crippen LogP contribution in [0.5, 0.6) is 5.75 Å². The number of carbonyl (C=O) groups excluding carboxylic acids is 1. The average molecular weight is 301 g/mol. The van der Waals surface area contributed by atoms with Crippen LogP contribution in [0.15, 0.2) is 42.7 Å². The number of nitrogens with zero attached hydrogens (tertiary/aromatic N) is 3. The summed E-state index contributed by atoms with van der Waals surface area (Å²) in [5.74, 6) is -0.605. The van der Waals surface area contributed by atoms with Gasteiger partial charge in [-0.3, -0.25) is 9.78 Å². The predicted octanol–water partition coefficient (Wildman–Crippen LogP) is 1.89. The van der Waals surface area contributed by atoms with E-state index in [-0.39, 0.29) is 23.0 Å². The third-order valence-electron chi connectivity index (χ3n) is 3.79. The number of hydrogen-bond acceptors (Lipinski definition) is 4. The molecule has 1 saturated heterocycles. The Morgan fingerprint density at radius 3 is 2.55 bits per heavy atom. The van der Waals surface area contributed by atoms with Gasteiger partial charge in [0.2, 0.25) is 0 Å². The molecule has 6 heteroatoms. The second-order valence-corrected chi connectivity index (χ2v) is 5.12. The van der Waals surface area contributed by atoms with Crippen LogP contribution in [0.3, 0.4) is 0 Å². The average Bonchev–Trinajstić information content (AvgIpc) is 2.55. The van der Waals surface area contributed by atoms with Crippen molar-refractivity contribution in [3.63, 3.8) is 0 Å². The summed E-state index contributed by atoms with van der Waals surface area (Å²) in [6, 6.07) is 8.13. The number of pyridine rings is 1. The molecule has 0 saturated carbocycles. The van der Waals surface area contributed by atoms with Gasteiger partial charge >= 0.3 is 0 Å². The second kappa shape index (κ2) is 6.01. The molecule has 0 spiro atoms. The molecule has 5 nitrogen and oxygen atoms in total. The first-order chi connectivity index (χ1) is 10.7. The molecule has 0 aliphatic carbocycles. The van der Waals surface area contributed by atoms with E-state index < -0.39 is 0 Å². The first kappa shape index (κ1) is 14.3. The van der Waals surface area contributed by atoms with E-state index in [1.54, 1.807) is 23.1 Å². The number of amides is 1. The van der Waals surface area contributed by atoms with Gasteiger partial charge < -0.3 is 14.9 Å². The normalized spacial score (nSPS) is 15.0. The number of rotatable bonds is 2. The van der Waals surface area contributed by atoms with Crippen molar-refractivity contribution < 1.29 is 14.3 Å². The van der Waals surface area contributed by atoms with E-state index in [1.807, 2.05) is 4.90 Å². The number of piperazine rings is 1. The number of para-hydroxylation sites is 1. The maximum atomic E-state index is 13.8. The van der Waals surface area contributed by atoms with Crippen LogP contribution in [-0.2, 0) is 0 Å². The van der Waals surface area contributed by atoms with Gasteiger partial charge in [-0.15, -0.1) is 0 Å². The molecule has 1 fully saturated rings. The van der Waals surface area contributed by atoms with Crippen LogP contribution in [0.4, 0.5) is 10.1 Å². The highest BCUT2D eigenvalue weighted by Crippen LogP contribution is 2.22. The van der Waals surface area contributed by atoms with Crippen molar-refractivity contribution in [1.29, 1.82) is 0 Å². The van der Waals surface area contributed by atoms with E-state index in [2.05, 4.69) is 4.98 Å². The lowest BCUT2D eigenvalue weighted by atomic mass is 10.2. The predicted molar refractivity (Wildman–Crippen MR) is 80.4 cm³/mol. The monoisotopic (exact) mass is 301 g/mol. The number of hydrogen-bond donors (Lipinski definition) is 1. The summed E-state index contributed by atoms with van der Waals surface area (Å²) in [7, 11) is 0. The Morgan fingerprint density at radius 1 is 1.14 bits per heavy atom. The molecule has 22 heavy (non-hydrogen) atoms. The fourth-order valence-electron chi connectivity index (χ4n) is 2.60. The van der Waals surface area contributed by atoms with Crippen LogP contribution in [0.25, 0.3) is 0 Å². The Balaban J connectivity index is 1.68. The van der Waals surface area contributed by atoms with Gasteiger partial charge in [0.1, 0.15) is 11.6 Å². The zero-order valence-corrected chi connectivity index (χ0v) is 11.9. The van der Waals surface area contributed by atoms with Gasteiger partial charge in [-0.1, -0.05) is 12.1 Å². The van der Waals surface area contributed by atoms with Crippen molar-refractivity contribution in [2.24, 2.45) is 0 Å². The number of aromatic hydroxyl groups is 1. The molecule has 0 bridgehead atoms. The lowest BCUT2D eigenvalue weighted by molar-refractivity contribution is 0.0743. The van der Waals surface area contributed by atoms with E-state index in [1.165, 1.54) is 24.5 Å². The van der Waals surface area contributed by atoms with E-state index in [0.717, 1.165) is 0 Å². The van der Waals surface area contributed by atoms with Crippen LogP contribution in [-0.4, -0.2) is 47.1 Å². The van der Waals surface area contributed by atoms with Crippen LogP contribution < -0.4 is 4.90 Å². The number of aromatic nitrogens is 1. The minimum atomic E-state index is -0.256. The van der Waals surface area contributed by atoms with E-state index in [0.29, 0.717) is 31.9 Å². The Labute approximate surface area is 127 Å². The van der Waals surface area contributed by atoms with Gasteiger partial charge in [-0.05, 0) is 18.2 Å². The van der Waals surface area contributed by atoms with Gasteiger partial charge in [0.25, 0.3) is 5.91 Å². The highest BCUT2D eigenvalue weighted by atomic mass is 19.1. The summed E-state index contributed by atoms with van der Waals surface area (Å²) in [5, 5.41) is 9.71. The molecular formula is C16H16FN3O2. The minimum absolute atomic E-state index is 0.121. The SMILES string of the molecule is O=C(c1ccncc1O)N1CCN(c2ccccc2F)CC1. The third kappa shape index (κ3) is 2.72. The van der Waals surface area contributed by atoms with Gasteiger partial charge in [0.15, 0.2) is 0 Å². The molecule has 0 atom stereocenters. The van der Waals surface area contributed by atoms with Crippen molar-refractivity contribution in [1.82, 2.24) is 9.88 Å². The largest absolute Gasteiger partial charge is 0.505 e. The molecule has 1 aliphatic heterocycles. The minimum Gasteiger partial charge on any atom is -0.505 e. The molecule has 3 rings (SSSR count). The highest BCUT2D eigenvalue weighted by Gasteiger charge is 2.24. The molecule has 2 aromatic rings. The van der Waals surface area contributed by atoms with Crippen molar-refractivity contribution in [2.45, 2.75) is 0 Å². The molecule has 1 amide bonds. The lowest BCUT2D eigenvalue weighted by Crippen LogP contribution is -2.49. The zero-order chi connectivity index (χ0) is 15.5. The van der Waals surface area contributed by atoms with E-state index in [9.17, 15) is 14.3 Å². The van der Waals surface area contributed by atoms with Crippen LogP contribution in [0, 0.1) is 5.82 Å². The molecule has 0 unspecified atom stereocenters. The maximum absolute atomic E-state index is 13.8. The van der Waals surface area contributed by atoms with Crippen LogP contribution in [0.1, 0.15) is 10.4 Å². The smallest absolute Gasteiger partial charge is 0.257 e. The Morgan fingerprint density at radius 2 is 1.86 bits per heavy atom. The standard InChI is InChI=1S/C16H16FN3O2/c17-13-3-1-2-4-14(13)19-7-9-20(10-8-19)16(22)12-5-6-18-11-15(12)21/h1-6,11,21H,7-10H2. The Bertz CT molecular complexity index is 685. The maximum Gasteiger partial charge on any atom is 0.257 e. The quantitative estimate of drug-likeness (QED) is 0.920. The van der Waals surface area contributed by atoms with Crippen LogP contribution in [0.2, 0.25) is 0 Å². The second-order valence-electron chi connectivity index (χ2n) is 5.12. The molecule has 2 heterocycles. The zero-order valence-electron chi connectivity index (χ0n) is 11.9. The van der Waals surface area contributed by atoms with Gasteiger partial charge in [0, 0.05) is 32.4 Å². The van der Waals surface area contributed by atoms with Crippen molar-refractivity contribution in [3.05, 3.63) is 54.1 Å².